The molecule has 1 aromatic rings. The number of ether oxygens (including phenoxy) is 1. The van der Waals surface area contributed by atoms with Crippen LogP contribution in [0, 0.1) is 11.3 Å². The van der Waals surface area contributed by atoms with E-state index in [0.29, 0.717) is 18.7 Å². The third-order valence-electron chi connectivity index (χ3n) is 2.85. The molecule has 0 radical (unpaired) electrons. The fourth-order valence-corrected chi connectivity index (χ4v) is 3.11. The van der Waals surface area contributed by atoms with Gasteiger partial charge in [0.05, 0.1) is 19.3 Å². The summed E-state index contributed by atoms with van der Waals surface area (Å²) in [6, 6.07) is 2.09. The lowest BCUT2D eigenvalue weighted by Crippen LogP contribution is -2.40. The third kappa shape index (κ3) is 2.93. The summed E-state index contributed by atoms with van der Waals surface area (Å²) in [7, 11) is 0. The molecule has 0 amide bonds. The molecule has 1 aliphatic heterocycles. The summed E-state index contributed by atoms with van der Waals surface area (Å²) >= 11 is 7.12. The van der Waals surface area contributed by atoms with Crippen LogP contribution in [0.3, 0.4) is 0 Å². The lowest BCUT2D eigenvalue weighted by atomic mass is 10.1. The second kappa shape index (κ2) is 6.34. The molecule has 1 fully saturated rings. The molecule has 5 nitrogen and oxygen atoms in total. The van der Waals surface area contributed by atoms with Crippen LogP contribution in [0.15, 0.2) is 0 Å². The smallest absolute Gasteiger partial charge is 0.162 e. The standard InChI is InChI=1S/C11H14ClN3O2S/c12-10-9(6-13)11(18-14-10)15-3-1-2-8(7-15)17-5-4-16/h8,16H,1-5,7H2. The number of aromatic nitrogens is 1. The Morgan fingerprint density at radius 1 is 1.67 bits per heavy atom. The summed E-state index contributed by atoms with van der Waals surface area (Å²) in [6.07, 6.45) is 2.07. The number of nitrogens with zero attached hydrogens (tertiary/aromatic N) is 3. The maximum absolute atomic E-state index is 9.07. The normalized spacial score (nSPS) is 19.8. The lowest BCUT2D eigenvalue weighted by molar-refractivity contribution is 0.0215. The second-order valence-corrected chi connectivity index (χ2v) is 5.18. The van der Waals surface area contributed by atoms with Crippen LogP contribution in [0.2, 0.25) is 5.15 Å². The number of anilines is 1. The van der Waals surface area contributed by atoms with Gasteiger partial charge in [-0.3, -0.25) is 0 Å². The molecule has 0 bridgehead atoms. The van der Waals surface area contributed by atoms with E-state index >= 15 is 0 Å². The molecule has 98 valence electrons. The molecule has 18 heavy (non-hydrogen) atoms. The minimum absolute atomic E-state index is 0.0341. The van der Waals surface area contributed by atoms with Crippen LogP contribution < -0.4 is 4.90 Å². The Bertz CT molecular complexity index is 446. The first-order valence-corrected chi connectivity index (χ1v) is 6.94. The van der Waals surface area contributed by atoms with Crippen LogP contribution in [0.25, 0.3) is 0 Å². The summed E-state index contributed by atoms with van der Waals surface area (Å²) in [5.74, 6) is 0. The van der Waals surface area contributed by atoms with E-state index in [0.717, 1.165) is 24.4 Å². The maximum Gasteiger partial charge on any atom is 0.162 e. The highest BCUT2D eigenvalue weighted by Crippen LogP contribution is 2.33. The van der Waals surface area contributed by atoms with Gasteiger partial charge in [0, 0.05) is 13.1 Å². The second-order valence-electron chi connectivity index (χ2n) is 4.07. The highest BCUT2D eigenvalue weighted by Gasteiger charge is 2.25. The van der Waals surface area contributed by atoms with Gasteiger partial charge in [-0.15, -0.1) is 0 Å². The largest absolute Gasteiger partial charge is 0.394 e. The molecule has 0 aromatic carbocycles. The van der Waals surface area contributed by atoms with Crippen molar-refractivity contribution in [1.29, 1.82) is 5.26 Å². The monoisotopic (exact) mass is 287 g/mol. The van der Waals surface area contributed by atoms with Gasteiger partial charge in [0.1, 0.15) is 16.6 Å². The van der Waals surface area contributed by atoms with Crippen LogP contribution in [0.1, 0.15) is 18.4 Å². The summed E-state index contributed by atoms with van der Waals surface area (Å²) in [5.41, 5.74) is 0.449. The molecule has 1 saturated heterocycles. The van der Waals surface area contributed by atoms with Crippen LogP contribution in [-0.2, 0) is 4.74 Å². The summed E-state index contributed by atoms with van der Waals surface area (Å²) < 4.78 is 9.55. The molecule has 0 spiro atoms. The summed E-state index contributed by atoms with van der Waals surface area (Å²) in [5, 5.41) is 18.9. The lowest BCUT2D eigenvalue weighted by Gasteiger charge is -2.33. The van der Waals surface area contributed by atoms with E-state index in [9.17, 15) is 0 Å². The predicted octanol–water partition coefficient (Wildman–Crippen LogP) is 1.65. The molecule has 1 aromatic heterocycles. The van der Waals surface area contributed by atoms with E-state index < -0.39 is 0 Å². The SMILES string of the molecule is N#Cc1c(Cl)nsc1N1CCCC(OCCO)C1. The van der Waals surface area contributed by atoms with Crippen molar-refractivity contribution in [3.8, 4) is 6.07 Å². The fourth-order valence-electron chi connectivity index (χ4n) is 2.05. The number of hydrogen-bond acceptors (Lipinski definition) is 6. The minimum Gasteiger partial charge on any atom is -0.394 e. The first-order chi connectivity index (χ1) is 8.76. The third-order valence-corrected chi connectivity index (χ3v) is 4.14. The van der Waals surface area contributed by atoms with Crippen LogP contribution in [-0.4, -0.2) is 41.9 Å². The first kappa shape index (κ1) is 13.6. The average Bonchev–Trinajstić information content (AvgIpc) is 2.77. The molecule has 1 unspecified atom stereocenters. The van der Waals surface area contributed by atoms with Crippen molar-refractivity contribution >= 4 is 28.1 Å². The van der Waals surface area contributed by atoms with Crippen molar-refractivity contribution in [3.63, 3.8) is 0 Å². The predicted molar refractivity (Wildman–Crippen MR) is 70.1 cm³/mol. The van der Waals surface area contributed by atoms with E-state index in [2.05, 4.69) is 15.3 Å². The number of halogens is 1. The first-order valence-electron chi connectivity index (χ1n) is 5.79. The van der Waals surface area contributed by atoms with Gasteiger partial charge in [-0.2, -0.15) is 9.64 Å². The molecule has 0 saturated carbocycles. The van der Waals surface area contributed by atoms with Gasteiger partial charge in [-0.25, -0.2) is 0 Å². The molecule has 2 heterocycles. The molecular formula is C11H14ClN3O2S. The van der Waals surface area contributed by atoms with Crippen molar-refractivity contribution in [3.05, 3.63) is 10.7 Å². The number of rotatable bonds is 4. The number of piperidine rings is 1. The van der Waals surface area contributed by atoms with Gasteiger partial charge in [-0.05, 0) is 24.4 Å². The zero-order chi connectivity index (χ0) is 13.0. The Kier molecular flexibility index (Phi) is 4.78. The van der Waals surface area contributed by atoms with Crippen molar-refractivity contribution in [1.82, 2.24) is 4.37 Å². The molecule has 2 rings (SSSR count). The summed E-state index contributed by atoms with van der Waals surface area (Å²) in [6.45, 7) is 1.98. The zero-order valence-corrected chi connectivity index (χ0v) is 11.4. The van der Waals surface area contributed by atoms with Gasteiger partial charge < -0.3 is 14.7 Å². The van der Waals surface area contributed by atoms with E-state index in [4.69, 9.17) is 26.7 Å². The number of hydrogen-bond donors (Lipinski definition) is 1. The van der Waals surface area contributed by atoms with Gasteiger partial charge in [0.25, 0.3) is 0 Å². The van der Waals surface area contributed by atoms with Crippen molar-refractivity contribution in [2.45, 2.75) is 18.9 Å². The van der Waals surface area contributed by atoms with Gasteiger partial charge in [0.15, 0.2) is 5.15 Å². The van der Waals surface area contributed by atoms with Crippen molar-refractivity contribution in [2.75, 3.05) is 31.2 Å². The van der Waals surface area contributed by atoms with Crippen LogP contribution in [0.4, 0.5) is 5.00 Å². The Morgan fingerprint density at radius 2 is 2.50 bits per heavy atom. The van der Waals surface area contributed by atoms with Crippen molar-refractivity contribution < 1.29 is 9.84 Å². The van der Waals surface area contributed by atoms with E-state index in [1.54, 1.807) is 0 Å². The molecule has 0 aliphatic carbocycles. The van der Waals surface area contributed by atoms with Crippen molar-refractivity contribution in [2.24, 2.45) is 0 Å². The Morgan fingerprint density at radius 3 is 3.22 bits per heavy atom. The zero-order valence-electron chi connectivity index (χ0n) is 9.80. The van der Waals surface area contributed by atoms with Gasteiger partial charge >= 0.3 is 0 Å². The molecular weight excluding hydrogens is 274 g/mol. The Balaban J connectivity index is 2.06. The minimum atomic E-state index is 0.0341. The molecule has 1 aliphatic rings. The summed E-state index contributed by atoms with van der Waals surface area (Å²) in [4.78, 5) is 2.09. The van der Waals surface area contributed by atoms with E-state index in [1.165, 1.54) is 11.5 Å². The van der Waals surface area contributed by atoms with Gasteiger partial charge in [0.2, 0.25) is 0 Å². The van der Waals surface area contributed by atoms with Crippen LogP contribution >= 0.6 is 23.1 Å². The van der Waals surface area contributed by atoms with E-state index in [-0.39, 0.29) is 17.9 Å². The Hall–Kier alpha value is -0.870. The fraction of sp³-hybridized carbons (Fsp3) is 0.636. The molecule has 1 atom stereocenters. The highest BCUT2D eigenvalue weighted by molar-refractivity contribution is 7.10. The topological polar surface area (TPSA) is 69.4 Å². The average molecular weight is 288 g/mol. The number of aliphatic hydroxyl groups is 1. The maximum atomic E-state index is 9.07. The Labute approximate surface area is 115 Å². The highest BCUT2D eigenvalue weighted by atomic mass is 35.5. The van der Waals surface area contributed by atoms with E-state index in [1.807, 2.05) is 0 Å². The molecule has 7 heteroatoms. The van der Waals surface area contributed by atoms with Gasteiger partial charge in [-0.1, -0.05) is 11.6 Å². The van der Waals surface area contributed by atoms with Crippen LogP contribution in [0.5, 0.6) is 0 Å². The number of nitriles is 1. The molecule has 1 N–H and O–H groups in total. The number of aliphatic hydroxyl groups excluding tert-OH is 1. The quantitative estimate of drug-likeness (QED) is 0.912.